The zero-order valence-corrected chi connectivity index (χ0v) is 10.6. The molecule has 0 fully saturated rings. The van der Waals surface area contributed by atoms with Gasteiger partial charge in [0.15, 0.2) is 0 Å². The maximum absolute atomic E-state index is 11.6. The third-order valence-corrected chi connectivity index (χ3v) is 3.02. The van der Waals surface area contributed by atoms with Crippen LogP contribution in [0.15, 0.2) is 47.4 Å². The van der Waals surface area contributed by atoms with Gasteiger partial charge in [-0.3, -0.25) is 9.78 Å². The minimum absolute atomic E-state index is 0.117. The number of nitrogens with one attached hydrogen (secondary N) is 1. The van der Waals surface area contributed by atoms with Gasteiger partial charge in [-0.15, -0.1) is 0 Å². The van der Waals surface area contributed by atoms with Gasteiger partial charge in [-0.05, 0) is 18.2 Å². The highest BCUT2D eigenvalue weighted by Gasteiger charge is 2.04. The summed E-state index contributed by atoms with van der Waals surface area (Å²) in [6.07, 6.45) is 2.47. The smallest absolute Gasteiger partial charge is 0.251 e. The Balaban J connectivity index is 2.18. The van der Waals surface area contributed by atoms with E-state index in [0.717, 1.165) is 16.5 Å². The lowest BCUT2D eigenvalue weighted by atomic mass is 10.1. The normalized spacial score (nSPS) is 10.8. The third kappa shape index (κ3) is 2.25. The number of pyridine rings is 1. The van der Waals surface area contributed by atoms with Gasteiger partial charge >= 0.3 is 0 Å². The lowest BCUT2D eigenvalue weighted by Gasteiger charge is -2.04. The molecule has 1 aromatic carbocycles. The standard InChI is InChI=1S/C15H13N3O/c1-2-14-17-13(9-15(19)18-14)11-5-6-12-10(8-11)4-3-7-16-12/h3-9H,2H2,1H3,(H,17,18,19). The van der Waals surface area contributed by atoms with E-state index in [0.29, 0.717) is 17.9 Å². The van der Waals surface area contributed by atoms with E-state index in [-0.39, 0.29) is 5.56 Å². The Bertz CT molecular complexity index is 792. The molecule has 0 atom stereocenters. The molecule has 0 spiro atoms. The van der Waals surface area contributed by atoms with Crippen molar-refractivity contribution in [3.05, 3.63) is 58.8 Å². The van der Waals surface area contributed by atoms with E-state index in [1.165, 1.54) is 6.07 Å². The summed E-state index contributed by atoms with van der Waals surface area (Å²) in [5, 5.41) is 1.04. The summed E-state index contributed by atoms with van der Waals surface area (Å²) < 4.78 is 0. The Morgan fingerprint density at radius 2 is 2.11 bits per heavy atom. The molecule has 19 heavy (non-hydrogen) atoms. The molecule has 0 saturated heterocycles. The lowest BCUT2D eigenvalue weighted by Crippen LogP contribution is -2.10. The predicted molar refractivity (Wildman–Crippen MR) is 75.0 cm³/mol. The third-order valence-electron chi connectivity index (χ3n) is 3.02. The molecule has 0 bridgehead atoms. The van der Waals surface area contributed by atoms with Crippen molar-refractivity contribution in [2.45, 2.75) is 13.3 Å². The molecule has 94 valence electrons. The van der Waals surface area contributed by atoms with E-state index in [1.807, 2.05) is 37.3 Å². The average Bonchev–Trinajstić information content (AvgIpc) is 2.46. The maximum atomic E-state index is 11.6. The summed E-state index contributed by atoms with van der Waals surface area (Å²) in [6, 6.07) is 11.3. The van der Waals surface area contributed by atoms with Gasteiger partial charge in [-0.2, -0.15) is 0 Å². The molecule has 4 nitrogen and oxygen atoms in total. The van der Waals surface area contributed by atoms with Gasteiger partial charge in [-0.25, -0.2) is 4.98 Å². The fraction of sp³-hybridized carbons (Fsp3) is 0.133. The fourth-order valence-electron chi connectivity index (χ4n) is 2.06. The van der Waals surface area contributed by atoms with Crippen molar-refractivity contribution in [1.82, 2.24) is 15.0 Å². The zero-order chi connectivity index (χ0) is 13.2. The van der Waals surface area contributed by atoms with E-state index in [1.54, 1.807) is 6.20 Å². The van der Waals surface area contributed by atoms with Gasteiger partial charge in [0.2, 0.25) is 0 Å². The van der Waals surface area contributed by atoms with E-state index in [4.69, 9.17) is 0 Å². The number of H-pyrrole nitrogens is 1. The zero-order valence-electron chi connectivity index (χ0n) is 10.6. The summed E-state index contributed by atoms with van der Waals surface area (Å²) in [6.45, 7) is 1.96. The molecular formula is C15H13N3O. The van der Waals surface area contributed by atoms with Crippen molar-refractivity contribution in [2.24, 2.45) is 0 Å². The van der Waals surface area contributed by atoms with Crippen molar-refractivity contribution >= 4 is 10.9 Å². The molecule has 0 aliphatic carbocycles. The first-order chi connectivity index (χ1) is 9.26. The molecule has 0 amide bonds. The summed E-state index contributed by atoms with van der Waals surface area (Å²) in [7, 11) is 0. The first kappa shape index (κ1) is 11.6. The van der Waals surface area contributed by atoms with Crippen LogP contribution in [0.1, 0.15) is 12.7 Å². The molecule has 2 heterocycles. The lowest BCUT2D eigenvalue weighted by molar-refractivity contribution is 0.924. The van der Waals surface area contributed by atoms with Crippen molar-refractivity contribution in [3.8, 4) is 11.3 Å². The highest BCUT2D eigenvalue weighted by molar-refractivity contribution is 5.83. The number of aromatic amines is 1. The number of rotatable bonds is 2. The minimum Gasteiger partial charge on any atom is -0.311 e. The first-order valence-corrected chi connectivity index (χ1v) is 6.21. The first-order valence-electron chi connectivity index (χ1n) is 6.21. The van der Waals surface area contributed by atoms with Crippen molar-refractivity contribution in [2.75, 3.05) is 0 Å². The Labute approximate surface area is 110 Å². The van der Waals surface area contributed by atoms with Crippen LogP contribution in [0.5, 0.6) is 0 Å². The number of benzene rings is 1. The molecule has 1 N–H and O–H groups in total. The van der Waals surface area contributed by atoms with Crippen LogP contribution in [0, 0.1) is 0 Å². The van der Waals surface area contributed by atoms with Gasteiger partial charge < -0.3 is 4.98 Å². The average molecular weight is 251 g/mol. The van der Waals surface area contributed by atoms with Gasteiger partial charge in [0, 0.05) is 29.6 Å². The second-order valence-corrected chi connectivity index (χ2v) is 4.34. The Hall–Kier alpha value is -2.49. The summed E-state index contributed by atoms with van der Waals surface area (Å²) in [4.78, 5) is 23.1. The molecule has 3 rings (SSSR count). The van der Waals surface area contributed by atoms with Crippen LogP contribution in [0.4, 0.5) is 0 Å². The van der Waals surface area contributed by atoms with Gasteiger partial charge in [-0.1, -0.05) is 19.1 Å². The molecule has 0 saturated carbocycles. The van der Waals surface area contributed by atoms with E-state index < -0.39 is 0 Å². The molecule has 2 aromatic heterocycles. The number of nitrogens with zero attached hydrogens (tertiary/aromatic N) is 2. The molecule has 0 aliphatic rings. The Morgan fingerprint density at radius 1 is 1.21 bits per heavy atom. The maximum Gasteiger partial charge on any atom is 0.251 e. The fourth-order valence-corrected chi connectivity index (χ4v) is 2.06. The number of fused-ring (bicyclic) bond motifs is 1. The predicted octanol–water partition coefficient (Wildman–Crippen LogP) is 2.55. The molecular weight excluding hydrogens is 238 g/mol. The van der Waals surface area contributed by atoms with Gasteiger partial charge in [0.05, 0.1) is 11.2 Å². The Kier molecular flexibility index (Phi) is 2.83. The molecule has 3 aromatic rings. The van der Waals surface area contributed by atoms with E-state index in [2.05, 4.69) is 15.0 Å². The second-order valence-electron chi connectivity index (χ2n) is 4.34. The quantitative estimate of drug-likeness (QED) is 0.761. The number of aryl methyl sites for hydroxylation is 1. The van der Waals surface area contributed by atoms with Crippen LogP contribution >= 0.6 is 0 Å². The van der Waals surface area contributed by atoms with Crippen molar-refractivity contribution < 1.29 is 0 Å². The summed E-state index contributed by atoms with van der Waals surface area (Å²) >= 11 is 0. The van der Waals surface area contributed by atoms with Gasteiger partial charge in [0.1, 0.15) is 5.82 Å². The number of hydrogen-bond acceptors (Lipinski definition) is 3. The second kappa shape index (κ2) is 4.65. The molecule has 4 heteroatoms. The minimum atomic E-state index is -0.117. The topological polar surface area (TPSA) is 58.6 Å². The van der Waals surface area contributed by atoms with Crippen LogP contribution in [0.25, 0.3) is 22.2 Å². The van der Waals surface area contributed by atoms with Crippen molar-refractivity contribution in [1.29, 1.82) is 0 Å². The van der Waals surface area contributed by atoms with Crippen LogP contribution in [0.2, 0.25) is 0 Å². The van der Waals surface area contributed by atoms with E-state index >= 15 is 0 Å². The van der Waals surface area contributed by atoms with Gasteiger partial charge in [0.25, 0.3) is 5.56 Å². The number of aromatic nitrogens is 3. The SMILES string of the molecule is CCc1nc(-c2ccc3ncccc3c2)cc(=O)[nH]1. The van der Waals surface area contributed by atoms with Crippen LogP contribution in [-0.2, 0) is 6.42 Å². The molecule has 0 unspecified atom stereocenters. The Morgan fingerprint density at radius 3 is 2.95 bits per heavy atom. The van der Waals surface area contributed by atoms with Crippen LogP contribution in [-0.4, -0.2) is 15.0 Å². The summed E-state index contributed by atoms with van der Waals surface area (Å²) in [5.41, 5.74) is 2.45. The largest absolute Gasteiger partial charge is 0.311 e. The highest BCUT2D eigenvalue weighted by Crippen LogP contribution is 2.20. The summed E-state index contributed by atoms with van der Waals surface area (Å²) in [5.74, 6) is 0.703. The van der Waals surface area contributed by atoms with E-state index in [9.17, 15) is 4.79 Å². The van der Waals surface area contributed by atoms with Crippen LogP contribution in [0.3, 0.4) is 0 Å². The molecule has 0 radical (unpaired) electrons. The monoisotopic (exact) mass is 251 g/mol. The van der Waals surface area contributed by atoms with Crippen molar-refractivity contribution in [3.63, 3.8) is 0 Å². The van der Waals surface area contributed by atoms with Crippen LogP contribution < -0.4 is 5.56 Å². The highest BCUT2D eigenvalue weighted by atomic mass is 16.1. The molecule has 0 aliphatic heterocycles. The number of hydrogen-bond donors (Lipinski definition) is 1.